The molecule has 1 aliphatic heterocycles. The van der Waals surface area contributed by atoms with Gasteiger partial charge in [0.15, 0.2) is 0 Å². The minimum atomic E-state index is -3.56. The van der Waals surface area contributed by atoms with Crippen LogP contribution in [0.1, 0.15) is 36.5 Å². The molecule has 0 spiro atoms. The van der Waals surface area contributed by atoms with Crippen molar-refractivity contribution in [3.63, 3.8) is 0 Å². The second-order valence-corrected chi connectivity index (χ2v) is 9.49. The third-order valence-corrected chi connectivity index (χ3v) is 7.06. The van der Waals surface area contributed by atoms with Crippen LogP contribution in [0.4, 0.5) is 5.69 Å². The molecule has 27 heavy (non-hydrogen) atoms. The van der Waals surface area contributed by atoms with E-state index in [1.165, 1.54) is 10.4 Å². The predicted molar refractivity (Wildman–Crippen MR) is 108 cm³/mol. The molecule has 0 aliphatic carbocycles. The molecule has 1 saturated heterocycles. The molecule has 2 aromatic rings. The molecule has 144 valence electrons. The molecular formula is C19H23N3O3S2. The van der Waals surface area contributed by atoms with Crippen molar-refractivity contribution in [3.05, 3.63) is 48.2 Å². The molecule has 0 radical (unpaired) electrons. The number of hydrogen-bond donors (Lipinski definition) is 1. The highest BCUT2D eigenvalue weighted by atomic mass is 32.2. The molecule has 1 N–H and O–H groups in total. The molecule has 0 bridgehead atoms. The Hall–Kier alpha value is -1.90. The van der Waals surface area contributed by atoms with Crippen molar-refractivity contribution in [3.8, 4) is 0 Å². The third kappa shape index (κ3) is 4.88. The summed E-state index contributed by atoms with van der Waals surface area (Å²) in [5, 5.41) is 3.66. The van der Waals surface area contributed by atoms with Gasteiger partial charge in [0.2, 0.25) is 10.0 Å². The Bertz CT molecular complexity index is 893. The lowest BCUT2D eigenvalue weighted by molar-refractivity contribution is 0.102. The van der Waals surface area contributed by atoms with Crippen molar-refractivity contribution in [1.29, 1.82) is 0 Å². The third-order valence-electron chi connectivity index (χ3n) is 4.34. The van der Waals surface area contributed by atoms with Gasteiger partial charge in [-0.3, -0.25) is 4.79 Å². The number of rotatable bonds is 6. The summed E-state index contributed by atoms with van der Waals surface area (Å²) in [6.45, 7) is 3.12. The van der Waals surface area contributed by atoms with E-state index in [4.69, 9.17) is 0 Å². The van der Waals surface area contributed by atoms with E-state index < -0.39 is 10.0 Å². The van der Waals surface area contributed by atoms with Crippen LogP contribution in [0, 0.1) is 0 Å². The minimum absolute atomic E-state index is 0.157. The van der Waals surface area contributed by atoms with E-state index in [0.29, 0.717) is 24.3 Å². The summed E-state index contributed by atoms with van der Waals surface area (Å²) in [7, 11) is -3.56. The van der Waals surface area contributed by atoms with E-state index in [2.05, 4.69) is 10.3 Å². The SMILES string of the molecule is CCSc1ccc(NC(=O)c2cccc(S(=O)(=O)N3CCCCC3)c2)cn1. The standard InChI is InChI=1S/C19H23N3O3S2/c1-2-26-18-10-9-16(14-20-18)21-19(23)15-7-6-8-17(13-15)27(24,25)22-11-4-3-5-12-22/h6-10,13-14H,2-5,11-12H2,1H3,(H,21,23). The van der Waals surface area contributed by atoms with Crippen molar-refractivity contribution in [2.45, 2.75) is 36.1 Å². The number of aromatic nitrogens is 1. The summed E-state index contributed by atoms with van der Waals surface area (Å²) in [5.74, 6) is 0.570. The first-order valence-corrected chi connectivity index (χ1v) is 11.4. The number of benzene rings is 1. The number of carbonyl (C=O) groups excluding carboxylic acids is 1. The molecule has 1 amide bonds. The number of carbonyl (C=O) groups is 1. The van der Waals surface area contributed by atoms with Gasteiger partial charge in [0.1, 0.15) is 0 Å². The number of nitrogens with zero attached hydrogens (tertiary/aromatic N) is 2. The molecule has 0 unspecified atom stereocenters. The van der Waals surface area contributed by atoms with Crippen LogP contribution >= 0.6 is 11.8 Å². The monoisotopic (exact) mass is 405 g/mol. The van der Waals surface area contributed by atoms with Crippen LogP contribution in [-0.4, -0.2) is 42.5 Å². The smallest absolute Gasteiger partial charge is 0.255 e. The number of nitrogens with one attached hydrogen (secondary N) is 1. The maximum Gasteiger partial charge on any atom is 0.255 e. The van der Waals surface area contributed by atoms with Crippen molar-refractivity contribution in [1.82, 2.24) is 9.29 Å². The first-order valence-electron chi connectivity index (χ1n) is 9.01. The lowest BCUT2D eigenvalue weighted by atomic mass is 10.2. The van der Waals surface area contributed by atoms with Gasteiger partial charge in [-0.1, -0.05) is 19.4 Å². The van der Waals surface area contributed by atoms with Crippen molar-refractivity contribution >= 4 is 33.4 Å². The second kappa shape index (κ2) is 8.86. The second-order valence-electron chi connectivity index (χ2n) is 6.26. The van der Waals surface area contributed by atoms with Gasteiger partial charge in [0, 0.05) is 18.7 Å². The summed E-state index contributed by atoms with van der Waals surface area (Å²) >= 11 is 1.62. The molecule has 3 rings (SSSR count). The van der Waals surface area contributed by atoms with Crippen LogP contribution in [0.5, 0.6) is 0 Å². The van der Waals surface area contributed by atoms with E-state index >= 15 is 0 Å². The van der Waals surface area contributed by atoms with Crippen molar-refractivity contribution < 1.29 is 13.2 Å². The fourth-order valence-corrected chi connectivity index (χ4v) is 5.09. The summed E-state index contributed by atoms with van der Waals surface area (Å²) in [5.41, 5.74) is 0.879. The first-order chi connectivity index (χ1) is 13.0. The highest BCUT2D eigenvalue weighted by Gasteiger charge is 2.26. The Morgan fingerprint density at radius 2 is 1.96 bits per heavy atom. The van der Waals surface area contributed by atoms with Crippen molar-refractivity contribution in [2.75, 3.05) is 24.2 Å². The Labute approximate surface area is 164 Å². The van der Waals surface area contributed by atoms with E-state index in [1.807, 2.05) is 13.0 Å². The maximum absolute atomic E-state index is 12.8. The van der Waals surface area contributed by atoms with Gasteiger partial charge in [-0.2, -0.15) is 4.31 Å². The summed E-state index contributed by atoms with van der Waals surface area (Å²) in [6.07, 6.45) is 4.40. The Morgan fingerprint density at radius 3 is 2.63 bits per heavy atom. The molecule has 2 heterocycles. The highest BCUT2D eigenvalue weighted by Crippen LogP contribution is 2.22. The topological polar surface area (TPSA) is 79.4 Å². The average Bonchev–Trinajstić information content (AvgIpc) is 2.70. The van der Waals surface area contributed by atoms with Gasteiger partial charge in [0.25, 0.3) is 5.91 Å². The number of piperidine rings is 1. The van der Waals surface area contributed by atoms with E-state index in [1.54, 1.807) is 42.2 Å². The van der Waals surface area contributed by atoms with Crippen molar-refractivity contribution in [2.24, 2.45) is 0 Å². The zero-order valence-electron chi connectivity index (χ0n) is 15.2. The highest BCUT2D eigenvalue weighted by molar-refractivity contribution is 7.99. The van der Waals surface area contributed by atoms with Gasteiger partial charge in [-0.25, -0.2) is 13.4 Å². The minimum Gasteiger partial charge on any atom is -0.321 e. The number of thioether (sulfide) groups is 1. The number of hydrogen-bond acceptors (Lipinski definition) is 5. The Morgan fingerprint density at radius 1 is 1.19 bits per heavy atom. The lowest BCUT2D eigenvalue weighted by Crippen LogP contribution is -2.35. The molecule has 0 saturated carbocycles. The van der Waals surface area contributed by atoms with Gasteiger partial charge in [-0.15, -0.1) is 11.8 Å². The quantitative estimate of drug-likeness (QED) is 0.743. The fraction of sp³-hybridized carbons (Fsp3) is 0.368. The van der Waals surface area contributed by atoms with Crippen LogP contribution in [0.25, 0.3) is 0 Å². The van der Waals surface area contributed by atoms with Crippen LogP contribution in [0.3, 0.4) is 0 Å². The van der Waals surface area contributed by atoms with E-state index in [9.17, 15) is 13.2 Å². The summed E-state index contributed by atoms with van der Waals surface area (Å²) in [6, 6.07) is 9.83. The van der Waals surface area contributed by atoms with E-state index in [0.717, 1.165) is 30.0 Å². The van der Waals surface area contributed by atoms with Gasteiger partial charge in [0.05, 0.1) is 21.8 Å². The average molecular weight is 406 g/mol. The van der Waals surface area contributed by atoms with Crippen LogP contribution in [-0.2, 0) is 10.0 Å². The fourth-order valence-electron chi connectivity index (χ4n) is 2.94. The molecule has 8 heteroatoms. The molecular weight excluding hydrogens is 382 g/mol. The zero-order chi connectivity index (χ0) is 19.3. The molecule has 1 aromatic heterocycles. The maximum atomic E-state index is 12.8. The van der Waals surface area contributed by atoms with Gasteiger partial charge >= 0.3 is 0 Å². The first kappa shape index (κ1) is 19.9. The van der Waals surface area contributed by atoms with Crippen LogP contribution in [0.15, 0.2) is 52.5 Å². The Balaban J connectivity index is 1.75. The molecule has 0 atom stereocenters. The largest absolute Gasteiger partial charge is 0.321 e. The van der Waals surface area contributed by atoms with Crippen LogP contribution < -0.4 is 5.32 Å². The number of sulfonamides is 1. The number of anilines is 1. The predicted octanol–water partition coefficient (Wildman–Crippen LogP) is 3.62. The van der Waals surface area contributed by atoms with Crippen LogP contribution in [0.2, 0.25) is 0 Å². The number of pyridine rings is 1. The molecule has 6 nitrogen and oxygen atoms in total. The summed E-state index contributed by atoms with van der Waals surface area (Å²) in [4.78, 5) is 17.0. The molecule has 1 aliphatic rings. The normalized spacial score (nSPS) is 15.4. The number of amides is 1. The lowest BCUT2D eigenvalue weighted by Gasteiger charge is -2.26. The Kier molecular flexibility index (Phi) is 6.51. The molecule has 1 aromatic carbocycles. The molecule has 1 fully saturated rings. The summed E-state index contributed by atoms with van der Waals surface area (Å²) < 4.78 is 27.1. The zero-order valence-corrected chi connectivity index (χ0v) is 16.9. The van der Waals surface area contributed by atoms with E-state index in [-0.39, 0.29) is 10.8 Å². The van der Waals surface area contributed by atoms with Gasteiger partial charge < -0.3 is 5.32 Å². The van der Waals surface area contributed by atoms with Gasteiger partial charge in [-0.05, 0) is 48.9 Å².